The molecule has 12 heteroatoms. The molecule has 2 aliphatic rings. The summed E-state index contributed by atoms with van der Waals surface area (Å²) in [6, 6.07) is 4.01. The molecule has 0 spiro atoms. The summed E-state index contributed by atoms with van der Waals surface area (Å²) in [7, 11) is 0. The molecule has 0 unspecified atom stereocenters. The molecule has 1 amide bonds. The SMILES string of the molecule is CC(=O)N1CCN(c2cc(C=N)cc(Nc3nc(NC4CC4)c4ncc(C=N)n4n3)c2Cl)CC1. The van der Waals surface area contributed by atoms with E-state index in [9.17, 15) is 4.79 Å². The molecule has 1 aromatic carbocycles. The minimum absolute atomic E-state index is 0.0632. The number of amides is 1. The van der Waals surface area contributed by atoms with Gasteiger partial charge in [-0.25, -0.2) is 9.50 Å². The lowest BCUT2D eigenvalue weighted by Crippen LogP contribution is -2.48. The van der Waals surface area contributed by atoms with Crippen LogP contribution in [0.1, 0.15) is 31.0 Å². The number of benzene rings is 1. The zero-order chi connectivity index (χ0) is 23.8. The van der Waals surface area contributed by atoms with Gasteiger partial charge in [-0.05, 0) is 30.5 Å². The highest BCUT2D eigenvalue weighted by Crippen LogP contribution is 2.36. The number of rotatable bonds is 7. The first-order chi connectivity index (χ1) is 16.5. The van der Waals surface area contributed by atoms with Crippen LogP contribution in [0.3, 0.4) is 0 Å². The smallest absolute Gasteiger partial charge is 0.247 e. The number of halogens is 1. The molecule has 0 bridgehead atoms. The first-order valence-electron chi connectivity index (χ1n) is 11.1. The Morgan fingerprint density at radius 1 is 1.18 bits per heavy atom. The fourth-order valence-electron chi connectivity index (χ4n) is 3.99. The van der Waals surface area contributed by atoms with Crippen molar-refractivity contribution >= 4 is 58.7 Å². The number of piperazine rings is 1. The number of hydrogen-bond donors (Lipinski definition) is 4. The van der Waals surface area contributed by atoms with E-state index >= 15 is 0 Å². The molecule has 1 saturated heterocycles. The van der Waals surface area contributed by atoms with Crippen LogP contribution in [0.15, 0.2) is 18.3 Å². The Kier molecular flexibility index (Phi) is 5.78. The van der Waals surface area contributed by atoms with Gasteiger partial charge in [0.25, 0.3) is 0 Å². The van der Waals surface area contributed by atoms with Crippen LogP contribution in [-0.2, 0) is 4.79 Å². The molecule has 3 aromatic rings. The van der Waals surface area contributed by atoms with Gasteiger partial charge in [0.15, 0.2) is 11.5 Å². The van der Waals surface area contributed by atoms with Crippen molar-refractivity contribution in [1.29, 1.82) is 10.8 Å². The second-order valence-electron chi connectivity index (χ2n) is 8.43. The molecule has 1 aliphatic carbocycles. The Labute approximate surface area is 201 Å². The van der Waals surface area contributed by atoms with Crippen molar-refractivity contribution in [3.05, 3.63) is 34.6 Å². The van der Waals surface area contributed by atoms with E-state index in [1.165, 1.54) is 12.4 Å². The van der Waals surface area contributed by atoms with Gasteiger partial charge < -0.3 is 31.3 Å². The number of carbonyl (C=O) groups excluding carboxylic acids is 1. The van der Waals surface area contributed by atoms with Crippen molar-refractivity contribution in [2.45, 2.75) is 25.8 Å². The van der Waals surface area contributed by atoms with Gasteiger partial charge in [-0.2, -0.15) is 4.98 Å². The van der Waals surface area contributed by atoms with E-state index in [0.717, 1.165) is 18.5 Å². The maximum Gasteiger partial charge on any atom is 0.247 e. The lowest BCUT2D eigenvalue weighted by molar-refractivity contribution is -0.129. The first-order valence-corrected chi connectivity index (χ1v) is 11.5. The minimum Gasteiger partial charge on any atom is -0.367 e. The minimum atomic E-state index is 0.0632. The van der Waals surface area contributed by atoms with Gasteiger partial charge in [0.2, 0.25) is 11.9 Å². The molecular formula is C22H25ClN10O. The molecule has 34 heavy (non-hydrogen) atoms. The number of anilines is 4. The van der Waals surface area contributed by atoms with Crippen molar-refractivity contribution in [3.63, 3.8) is 0 Å². The number of nitrogens with zero attached hydrogens (tertiary/aromatic N) is 6. The largest absolute Gasteiger partial charge is 0.367 e. The molecule has 1 aliphatic heterocycles. The van der Waals surface area contributed by atoms with Gasteiger partial charge >= 0.3 is 0 Å². The summed E-state index contributed by atoms with van der Waals surface area (Å²) < 4.78 is 1.57. The molecule has 4 N–H and O–H groups in total. The molecule has 1 saturated carbocycles. The highest BCUT2D eigenvalue weighted by Gasteiger charge is 2.25. The monoisotopic (exact) mass is 480 g/mol. The van der Waals surface area contributed by atoms with Crippen LogP contribution in [-0.4, -0.2) is 75.0 Å². The van der Waals surface area contributed by atoms with E-state index in [4.69, 9.17) is 22.4 Å². The summed E-state index contributed by atoms with van der Waals surface area (Å²) in [5.41, 5.74) is 3.12. The lowest BCUT2D eigenvalue weighted by atomic mass is 10.1. The van der Waals surface area contributed by atoms with Crippen molar-refractivity contribution < 1.29 is 4.79 Å². The van der Waals surface area contributed by atoms with E-state index < -0.39 is 0 Å². The summed E-state index contributed by atoms with van der Waals surface area (Å²) in [6.07, 6.45) is 6.19. The predicted octanol–water partition coefficient (Wildman–Crippen LogP) is 2.76. The Bertz CT molecular complexity index is 1280. The first kappa shape index (κ1) is 22.1. The fourth-order valence-corrected chi connectivity index (χ4v) is 4.26. The van der Waals surface area contributed by atoms with Gasteiger partial charge in [-0.3, -0.25) is 4.79 Å². The maximum absolute atomic E-state index is 11.7. The molecule has 0 atom stereocenters. The predicted molar refractivity (Wildman–Crippen MR) is 132 cm³/mol. The topological polar surface area (TPSA) is 138 Å². The van der Waals surface area contributed by atoms with Crippen molar-refractivity contribution in [2.75, 3.05) is 41.7 Å². The van der Waals surface area contributed by atoms with Gasteiger partial charge in [0.05, 0.1) is 22.6 Å². The summed E-state index contributed by atoms with van der Waals surface area (Å²) in [4.78, 5) is 24.6. The molecule has 5 rings (SSSR count). The van der Waals surface area contributed by atoms with E-state index in [-0.39, 0.29) is 5.91 Å². The summed E-state index contributed by atoms with van der Waals surface area (Å²) in [5.74, 6) is 0.953. The Morgan fingerprint density at radius 2 is 1.94 bits per heavy atom. The molecule has 2 aromatic heterocycles. The average molecular weight is 481 g/mol. The fraction of sp³-hybridized carbons (Fsp3) is 0.364. The summed E-state index contributed by atoms with van der Waals surface area (Å²) in [5, 5.41) is 27.1. The number of nitrogens with one attached hydrogen (secondary N) is 4. The van der Waals surface area contributed by atoms with Crippen LogP contribution >= 0.6 is 11.6 Å². The normalized spacial score (nSPS) is 15.9. The van der Waals surface area contributed by atoms with E-state index in [2.05, 4.69) is 30.6 Å². The van der Waals surface area contributed by atoms with Crippen molar-refractivity contribution in [1.82, 2.24) is 24.5 Å². The van der Waals surface area contributed by atoms with Crippen molar-refractivity contribution in [2.24, 2.45) is 0 Å². The Morgan fingerprint density at radius 3 is 2.59 bits per heavy atom. The van der Waals surface area contributed by atoms with E-state index in [0.29, 0.717) is 71.6 Å². The van der Waals surface area contributed by atoms with Crippen LogP contribution < -0.4 is 15.5 Å². The van der Waals surface area contributed by atoms with Gasteiger partial charge in [0, 0.05) is 51.6 Å². The van der Waals surface area contributed by atoms with E-state index in [1.54, 1.807) is 23.7 Å². The molecule has 11 nitrogen and oxygen atoms in total. The molecule has 2 fully saturated rings. The molecular weight excluding hydrogens is 456 g/mol. The van der Waals surface area contributed by atoms with Crippen molar-refractivity contribution in [3.8, 4) is 0 Å². The number of carbonyl (C=O) groups is 1. The van der Waals surface area contributed by atoms with Crippen LogP contribution in [0.5, 0.6) is 0 Å². The highest BCUT2D eigenvalue weighted by atomic mass is 35.5. The highest BCUT2D eigenvalue weighted by molar-refractivity contribution is 6.36. The van der Waals surface area contributed by atoms with E-state index in [1.807, 2.05) is 11.0 Å². The van der Waals surface area contributed by atoms with Gasteiger partial charge in [-0.15, -0.1) is 5.10 Å². The number of hydrogen-bond acceptors (Lipinski definition) is 9. The van der Waals surface area contributed by atoms with Crippen LogP contribution in [0.2, 0.25) is 5.02 Å². The Balaban J connectivity index is 1.49. The lowest BCUT2D eigenvalue weighted by Gasteiger charge is -2.36. The second-order valence-corrected chi connectivity index (χ2v) is 8.81. The zero-order valence-electron chi connectivity index (χ0n) is 18.7. The second kappa shape index (κ2) is 8.90. The third-order valence-electron chi connectivity index (χ3n) is 6.01. The third kappa shape index (κ3) is 4.26. The zero-order valence-corrected chi connectivity index (χ0v) is 19.4. The number of fused-ring (bicyclic) bond motifs is 1. The van der Waals surface area contributed by atoms with Gasteiger partial charge in [-0.1, -0.05) is 11.6 Å². The summed E-state index contributed by atoms with van der Waals surface area (Å²) >= 11 is 6.82. The number of aromatic nitrogens is 4. The Hall–Kier alpha value is -3.73. The van der Waals surface area contributed by atoms with Crippen LogP contribution in [0.4, 0.5) is 23.1 Å². The van der Waals surface area contributed by atoms with Crippen LogP contribution in [0.25, 0.3) is 5.65 Å². The van der Waals surface area contributed by atoms with Gasteiger partial charge in [0.1, 0.15) is 5.69 Å². The molecule has 3 heterocycles. The third-order valence-corrected chi connectivity index (χ3v) is 6.41. The van der Waals surface area contributed by atoms with Crippen LogP contribution in [0, 0.1) is 10.8 Å². The standard InChI is InChI=1S/C22H25ClN10O/c1-13(34)31-4-6-32(7-5-31)18-9-14(10-24)8-17(19(18)23)28-22-29-20(27-15-2-3-15)21-26-12-16(11-25)33(21)30-22/h8-12,15,24-25H,2-7H2,1H3,(H2,27,28,29,30). The molecule has 176 valence electrons. The average Bonchev–Trinajstić information content (AvgIpc) is 3.56. The number of imidazole rings is 1. The quantitative estimate of drug-likeness (QED) is 0.381. The maximum atomic E-state index is 11.7. The summed E-state index contributed by atoms with van der Waals surface area (Å²) in [6.45, 7) is 4.11. The molecule has 0 radical (unpaired) electrons.